The topological polar surface area (TPSA) is 64.1 Å². The lowest BCUT2D eigenvalue weighted by molar-refractivity contribution is 0.756. The molecule has 0 aromatic rings. The molecule has 0 heterocycles. The van der Waals surface area contributed by atoms with Gasteiger partial charge in [-0.25, -0.2) is 0 Å². The van der Waals surface area contributed by atoms with Crippen LogP contribution in [0.1, 0.15) is 13.3 Å². The number of nitrogens with two attached hydrogens (primary N) is 2. The van der Waals surface area contributed by atoms with Gasteiger partial charge in [-0.3, -0.25) is 0 Å². The van der Waals surface area contributed by atoms with Gasteiger partial charge in [-0.05, 0) is 26.1 Å². The zero-order valence-electron chi connectivity index (χ0n) is 6.51. The van der Waals surface area contributed by atoms with Crippen LogP contribution in [-0.2, 0) is 0 Å². The molecular weight excluding hydrogens is 126 g/mol. The number of nitrogens with one attached hydrogen (secondary N) is 1. The fourth-order valence-corrected chi connectivity index (χ4v) is 0.507. The Kier molecular flexibility index (Phi) is 6.22. The maximum Gasteiger partial charge on any atom is 0.0211 e. The molecule has 60 valence electrons. The summed E-state index contributed by atoms with van der Waals surface area (Å²) in [4.78, 5) is 0. The molecule has 0 radical (unpaired) electrons. The SMILES string of the molecule is CC(N)/C=C\NCCCN. The average Bonchev–Trinajstić information content (AvgIpc) is 1.87. The van der Waals surface area contributed by atoms with Crippen molar-refractivity contribution >= 4 is 0 Å². The minimum Gasteiger partial charge on any atom is -0.391 e. The highest BCUT2D eigenvalue weighted by atomic mass is 14.8. The maximum atomic E-state index is 5.46. The zero-order valence-corrected chi connectivity index (χ0v) is 6.51. The first-order valence-corrected chi connectivity index (χ1v) is 3.63. The second kappa shape index (κ2) is 6.58. The van der Waals surface area contributed by atoms with Gasteiger partial charge in [0, 0.05) is 12.6 Å². The lowest BCUT2D eigenvalue weighted by Gasteiger charge is -1.98. The molecule has 0 bridgehead atoms. The van der Waals surface area contributed by atoms with Gasteiger partial charge in [-0.1, -0.05) is 6.08 Å². The highest BCUT2D eigenvalue weighted by Gasteiger charge is 1.81. The Bertz CT molecular complexity index is 88.9. The van der Waals surface area contributed by atoms with Crippen molar-refractivity contribution in [2.75, 3.05) is 13.1 Å². The van der Waals surface area contributed by atoms with Crippen LogP contribution in [-0.4, -0.2) is 19.1 Å². The first-order valence-electron chi connectivity index (χ1n) is 3.63. The van der Waals surface area contributed by atoms with Crippen LogP contribution in [0.3, 0.4) is 0 Å². The molecule has 0 saturated heterocycles. The van der Waals surface area contributed by atoms with Crippen LogP contribution in [0.15, 0.2) is 12.3 Å². The quantitative estimate of drug-likeness (QED) is 0.466. The Hall–Kier alpha value is -0.540. The van der Waals surface area contributed by atoms with Crippen LogP contribution in [0.5, 0.6) is 0 Å². The highest BCUT2D eigenvalue weighted by Crippen LogP contribution is 1.76. The van der Waals surface area contributed by atoms with Crippen LogP contribution in [0.4, 0.5) is 0 Å². The average molecular weight is 143 g/mol. The normalized spacial score (nSPS) is 13.9. The van der Waals surface area contributed by atoms with Crippen molar-refractivity contribution < 1.29 is 0 Å². The molecule has 0 fully saturated rings. The van der Waals surface area contributed by atoms with Crippen molar-refractivity contribution in [2.45, 2.75) is 19.4 Å². The minimum atomic E-state index is 0.130. The smallest absolute Gasteiger partial charge is 0.0211 e. The molecule has 0 saturated carbocycles. The molecule has 0 aliphatic heterocycles. The fourth-order valence-electron chi connectivity index (χ4n) is 0.507. The van der Waals surface area contributed by atoms with Crippen molar-refractivity contribution in [3.8, 4) is 0 Å². The third-order valence-electron chi connectivity index (χ3n) is 1.04. The molecule has 0 aliphatic carbocycles. The maximum absolute atomic E-state index is 5.46. The third-order valence-corrected chi connectivity index (χ3v) is 1.04. The number of hydrogen-bond acceptors (Lipinski definition) is 3. The van der Waals surface area contributed by atoms with Crippen LogP contribution in [0.25, 0.3) is 0 Å². The van der Waals surface area contributed by atoms with Gasteiger partial charge >= 0.3 is 0 Å². The van der Waals surface area contributed by atoms with Gasteiger partial charge in [0.2, 0.25) is 0 Å². The lowest BCUT2D eigenvalue weighted by Crippen LogP contribution is -2.15. The van der Waals surface area contributed by atoms with E-state index in [2.05, 4.69) is 5.32 Å². The van der Waals surface area contributed by atoms with E-state index in [-0.39, 0.29) is 6.04 Å². The van der Waals surface area contributed by atoms with Crippen LogP contribution in [0, 0.1) is 0 Å². The molecule has 0 aromatic carbocycles. The molecule has 10 heavy (non-hydrogen) atoms. The predicted molar refractivity (Wildman–Crippen MR) is 44.5 cm³/mol. The molecule has 5 N–H and O–H groups in total. The molecule has 1 atom stereocenters. The van der Waals surface area contributed by atoms with Crippen molar-refractivity contribution in [3.05, 3.63) is 12.3 Å². The Morgan fingerprint density at radius 1 is 1.60 bits per heavy atom. The van der Waals surface area contributed by atoms with E-state index in [0.29, 0.717) is 0 Å². The Morgan fingerprint density at radius 3 is 2.80 bits per heavy atom. The van der Waals surface area contributed by atoms with E-state index in [1.807, 2.05) is 19.2 Å². The van der Waals surface area contributed by atoms with E-state index in [4.69, 9.17) is 11.5 Å². The summed E-state index contributed by atoms with van der Waals surface area (Å²) in [5.74, 6) is 0. The Balaban J connectivity index is 3.02. The summed E-state index contributed by atoms with van der Waals surface area (Å²) in [6, 6.07) is 0.130. The first-order chi connectivity index (χ1) is 4.77. The summed E-state index contributed by atoms with van der Waals surface area (Å²) >= 11 is 0. The predicted octanol–water partition coefficient (Wildman–Crippen LogP) is -0.214. The summed E-state index contributed by atoms with van der Waals surface area (Å²) in [5.41, 5.74) is 10.7. The van der Waals surface area contributed by atoms with Crippen LogP contribution in [0.2, 0.25) is 0 Å². The molecule has 0 spiro atoms. The first kappa shape index (κ1) is 9.46. The van der Waals surface area contributed by atoms with Gasteiger partial charge in [0.15, 0.2) is 0 Å². The van der Waals surface area contributed by atoms with E-state index in [0.717, 1.165) is 19.5 Å². The molecule has 0 rings (SSSR count). The standard InChI is InChI=1S/C7H17N3/c1-7(9)3-6-10-5-2-4-8/h3,6-7,10H,2,4-5,8-9H2,1H3/b6-3-. The second-order valence-corrected chi connectivity index (χ2v) is 2.31. The van der Waals surface area contributed by atoms with E-state index >= 15 is 0 Å². The van der Waals surface area contributed by atoms with Crippen LogP contribution < -0.4 is 16.8 Å². The molecular formula is C7H17N3. The van der Waals surface area contributed by atoms with Gasteiger partial charge in [0.05, 0.1) is 0 Å². The summed E-state index contributed by atoms with van der Waals surface area (Å²) in [6.45, 7) is 3.60. The number of rotatable bonds is 5. The summed E-state index contributed by atoms with van der Waals surface area (Å²) in [6.07, 6.45) is 4.79. The van der Waals surface area contributed by atoms with E-state index in [9.17, 15) is 0 Å². The minimum absolute atomic E-state index is 0.130. The Labute approximate surface area is 62.5 Å². The van der Waals surface area contributed by atoms with E-state index in [1.54, 1.807) is 0 Å². The third kappa shape index (κ3) is 7.46. The molecule has 0 aliphatic rings. The van der Waals surface area contributed by atoms with Gasteiger partial charge in [-0.2, -0.15) is 0 Å². The lowest BCUT2D eigenvalue weighted by atomic mass is 10.3. The van der Waals surface area contributed by atoms with Crippen molar-refractivity contribution in [2.24, 2.45) is 11.5 Å². The summed E-state index contributed by atoms with van der Waals surface area (Å²) in [5, 5.41) is 3.08. The molecule has 3 nitrogen and oxygen atoms in total. The molecule has 3 heteroatoms. The second-order valence-electron chi connectivity index (χ2n) is 2.31. The van der Waals surface area contributed by atoms with Gasteiger partial charge in [0.25, 0.3) is 0 Å². The van der Waals surface area contributed by atoms with Gasteiger partial charge in [-0.15, -0.1) is 0 Å². The van der Waals surface area contributed by atoms with Crippen molar-refractivity contribution in [3.63, 3.8) is 0 Å². The molecule has 0 aromatic heterocycles. The van der Waals surface area contributed by atoms with Gasteiger partial charge in [0.1, 0.15) is 0 Å². The molecule has 1 unspecified atom stereocenters. The Morgan fingerprint density at radius 2 is 2.30 bits per heavy atom. The zero-order chi connectivity index (χ0) is 7.82. The number of hydrogen-bond donors (Lipinski definition) is 3. The fraction of sp³-hybridized carbons (Fsp3) is 0.714. The van der Waals surface area contributed by atoms with Crippen molar-refractivity contribution in [1.29, 1.82) is 0 Å². The van der Waals surface area contributed by atoms with Crippen molar-refractivity contribution in [1.82, 2.24) is 5.32 Å². The molecule has 0 amide bonds. The highest BCUT2D eigenvalue weighted by molar-refractivity contribution is 4.86. The summed E-state index contributed by atoms with van der Waals surface area (Å²) < 4.78 is 0. The monoisotopic (exact) mass is 143 g/mol. The largest absolute Gasteiger partial charge is 0.391 e. The van der Waals surface area contributed by atoms with Gasteiger partial charge < -0.3 is 16.8 Å². The van der Waals surface area contributed by atoms with E-state index < -0.39 is 0 Å². The summed E-state index contributed by atoms with van der Waals surface area (Å²) in [7, 11) is 0. The van der Waals surface area contributed by atoms with E-state index in [1.165, 1.54) is 0 Å². The van der Waals surface area contributed by atoms with Crippen LogP contribution >= 0.6 is 0 Å².